The molecule has 0 heterocycles. The molecule has 0 bridgehead atoms. The zero-order valence-electron chi connectivity index (χ0n) is 9.41. The molecule has 0 saturated heterocycles. The third-order valence-corrected chi connectivity index (χ3v) is 3.04. The van der Waals surface area contributed by atoms with Crippen LogP contribution in [0.2, 0.25) is 0 Å². The lowest BCUT2D eigenvalue weighted by atomic mass is 10.0. The molecule has 0 fully saturated rings. The quantitative estimate of drug-likeness (QED) is 0.825. The highest BCUT2D eigenvalue weighted by molar-refractivity contribution is 9.10. The van der Waals surface area contributed by atoms with E-state index in [1.54, 1.807) is 19.2 Å². The SMILES string of the molecule is COc1ccc(Br)cc1Cc1ccc(F)cc1. The molecule has 2 aromatic rings. The van der Waals surface area contributed by atoms with Gasteiger partial charge in [0.05, 0.1) is 7.11 Å². The maximum absolute atomic E-state index is 12.8. The molecule has 88 valence electrons. The van der Waals surface area contributed by atoms with Crippen LogP contribution in [-0.2, 0) is 6.42 Å². The largest absolute Gasteiger partial charge is 0.496 e. The Bertz CT molecular complexity index is 508. The molecule has 0 aliphatic carbocycles. The van der Waals surface area contributed by atoms with Crippen molar-refractivity contribution in [2.75, 3.05) is 7.11 Å². The number of halogens is 2. The van der Waals surface area contributed by atoms with E-state index in [-0.39, 0.29) is 5.82 Å². The molecule has 3 heteroatoms. The highest BCUT2D eigenvalue weighted by Gasteiger charge is 2.05. The first-order valence-electron chi connectivity index (χ1n) is 5.26. The fourth-order valence-corrected chi connectivity index (χ4v) is 2.12. The third kappa shape index (κ3) is 3.07. The number of hydrogen-bond acceptors (Lipinski definition) is 1. The minimum absolute atomic E-state index is 0.213. The number of benzene rings is 2. The molecule has 0 saturated carbocycles. The predicted octanol–water partition coefficient (Wildman–Crippen LogP) is 4.19. The summed E-state index contributed by atoms with van der Waals surface area (Å²) in [6.07, 6.45) is 0.725. The van der Waals surface area contributed by atoms with Crippen molar-refractivity contribution in [3.05, 3.63) is 63.9 Å². The molecule has 2 aromatic carbocycles. The van der Waals surface area contributed by atoms with Gasteiger partial charge < -0.3 is 4.74 Å². The Labute approximate surface area is 108 Å². The van der Waals surface area contributed by atoms with Crippen molar-refractivity contribution >= 4 is 15.9 Å². The Morgan fingerprint density at radius 3 is 2.47 bits per heavy atom. The summed E-state index contributed by atoms with van der Waals surface area (Å²) in [5, 5.41) is 0. The molecule has 1 nitrogen and oxygen atoms in total. The molecular weight excluding hydrogens is 283 g/mol. The zero-order chi connectivity index (χ0) is 12.3. The van der Waals surface area contributed by atoms with Crippen LogP contribution in [0.1, 0.15) is 11.1 Å². The van der Waals surface area contributed by atoms with Gasteiger partial charge in [-0.05, 0) is 41.5 Å². The normalized spacial score (nSPS) is 10.3. The lowest BCUT2D eigenvalue weighted by Gasteiger charge is -2.09. The summed E-state index contributed by atoms with van der Waals surface area (Å²) in [4.78, 5) is 0. The second kappa shape index (κ2) is 5.32. The van der Waals surface area contributed by atoms with Gasteiger partial charge in [0.15, 0.2) is 0 Å². The van der Waals surface area contributed by atoms with E-state index in [1.165, 1.54) is 12.1 Å². The van der Waals surface area contributed by atoms with Crippen molar-refractivity contribution in [2.24, 2.45) is 0 Å². The van der Waals surface area contributed by atoms with Crippen molar-refractivity contribution in [2.45, 2.75) is 6.42 Å². The van der Waals surface area contributed by atoms with Gasteiger partial charge in [0.25, 0.3) is 0 Å². The van der Waals surface area contributed by atoms with E-state index in [0.29, 0.717) is 0 Å². The van der Waals surface area contributed by atoms with E-state index >= 15 is 0 Å². The Kier molecular flexibility index (Phi) is 3.79. The van der Waals surface area contributed by atoms with Crippen molar-refractivity contribution in [3.63, 3.8) is 0 Å². The van der Waals surface area contributed by atoms with Gasteiger partial charge in [-0.3, -0.25) is 0 Å². The first kappa shape index (κ1) is 12.1. The van der Waals surface area contributed by atoms with Gasteiger partial charge in [0, 0.05) is 10.9 Å². The molecule has 0 radical (unpaired) electrons. The number of ether oxygens (including phenoxy) is 1. The second-order valence-corrected chi connectivity index (χ2v) is 4.68. The van der Waals surface area contributed by atoms with Crippen LogP contribution in [-0.4, -0.2) is 7.11 Å². The summed E-state index contributed by atoms with van der Waals surface area (Å²) in [7, 11) is 1.65. The number of rotatable bonds is 3. The van der Waals surface area contributed by atoms with Crippen LogP contribution in [0.3, 0.4) is 0 Å². The summed E-state index contributed by atoms with van der Waals surface area (Å²) in [5.41, 5.74) is 2.14. The highest BCUT2D eigenvalue weighted by Crippen LogP contribution is 2.25. The second-order valence-electron chi connectivity index (χ2n) is 3.76. The van der Waals surface area contributed by atoms with Crippen molar-refractivity contribution in [3.8, 4) is 5.75 Å². The first-order chi connectivity index (χ1) is 8.19. The maximum atomic E-state index is 12.8. The van der Waals surface area contributed by atoms with Crippen LogP contribution in [0.4, 0.5) is 4.39 Å². The van der Waals surface area contributed by atoms with Crippen molar-refractivity contribution in [1.82, 2.24) is 0 Å². The summed E-state index contributed by atoms with van der Waals surface area (Å²) in [6, 6.07) is 12.4. The minimum Gasteiger partial charge on any atom is -0.496 e. The van der Waals surface area contributed by atoms with E-state index in [1.807, 2.05) is 18.2 Å². The highest BCUT2D eigenvalue weighted by atomic mass is 79.9. The Morgan fingerprint density at radius 1 is 1.12 bits per heavy atom. The van der Waals surface area contributed by atoms with Crippen LogP contribution in [0.5, 0.6) is 5.75 Å². The lowest BCUT2D eigenvalue weighted by molar-refractivity contribution is 0.410. The Morgan fingerprint density at radius 2 is 1.82 bits per heavy atom. The topological polar surface area (TPSA) is 9.23 Å². The summed E-state index contributed by atoms with van der Waals surface area (Å²) in [6.45, 7) is 0. The molecular formula is C14H12BrFO. The Balaban J connectivity index is 2.28. The molecule has 0 aliphatic rings. The summed E-state index contributed by atoms with van der Waals surface area (Å²) >= 11 is 3.43. The van der Waals surface area contributed by atoms with Gasteiger partial charge in [-0.2, -0.15) is 0 Å². The molecule has 2 rings (SSSR count). The fraction of sp³-hybridized carbons (Fsp3) is 0.143. The molecule has 0 atom stereocenters. The minimum atomic E-state index is -0.213. The summed E-state index contributed by atoms with van der Waals surface area (Å²) < 4.78 is 19.1. The van der Waals surface area contributed by atoms with Crippen LogP contribution in [0.15, 0.2) is 46.9 Å². The van der Waals surface area contributed by atoms with Crippen LogP contribution >= 0.6 is 15.9 Å². The van der Waals surface area contributed by atoms with E-state index in [0.717, 1.165) is 27.8 Å². The van der Waals surface area contributed by atoms with Crippen LogP contribution < -0.4 is 4.74 Å². The number of methoxy groups -OCH3 is 1. The molecule has 0 aliphatic heterocycles. The maximum Gasteiger partial charge on any atom is 0.123 e. The van der Waals surface area contributed by atoms with Crippen molar-refractivity contribution < 1.29 is 9.13 Å². The molecule has 0 N–H and O–H groups in total. The van der Waals surface area contributed by atoms with E-state index < -0.39 is 0 Å². The molecule has 17 heavy (non-hydrogen) atoms. The van der Waals surface area contributed by atoms with Gasteiger partial charge in [0.1, 0.15) is 11.6 Å². The van der Waals surface area contributed by atoms with Crippen LogP contribution in [0.25, 0.3) is 0 Å². The first-order valence-corrected chi connectivity index (χ1v) is 6.05. The van der Waals surface area contributed by atoms with Gasteiger partial charge in [-0.1, -0.05) is 28.1 Å². The lowest BCUT2D eigenvalue weighted by Crippen LogP contribution is -1.94. The monoisotopic (exact) mass is 294 g/mol. The Hall–Kier alpha value is -1.35. The van der Waals surface area contributed by atoms with E-state index in [2.05, 4.69) is 15.9 Å². The van der Waals surface area contributed by atoms with Crippen molar-refractivity contribution in [1.29, 1.82) is 0 Å². The summed E-state index contributed by atoms with van der Waals surface area (Å²) in [5.74, 6) is 0.632. The van der Waals surface area contributed by atoms with Gasteiger partial charge in [0.2, 0.25) is 0 Å². The van der Waals surface area contributed by atoms with Gasteiger partial charge in [-0.25, -0.2) is 4.39 Å². The molecule has 0 aromatic heterocycles. The van der Waals surface area contributed by atoms with E-state index in [9.17, 15) is 4.39 Å². The molecule has 0 amide bonds. The smallest absolute Gasteiger partial charge is 0.123 e. The van der Waals surface area contributed by atoms with Gasteiger partial charge in [-0.15, -0.1) is 0 Å². The predicted molar refractivity (Wildman–Crippen MR) is 69.9 cm³/mol. The molecule has 0 spiro atoms. The van der Waals surface area contributed by atoms with E-state index in [4.69, 9.17) is 4.74 Å². The van der Waals surface area contributed by atoms with Gasteiger partial charge >= 0.3 is 0 Å². The standard InChI is InChI=1S/C14H12BrFO/c1-17-14-7-4-12(15)9-11(14)8-10-2-5-13(16)6-3-10/h2-7,9H,8H2,1H3. The molecule has 0 unspecified atom stereocenters. The average molecular weight is 295 g/mol. The fourth-order valence-electron chi connectivity index (χ4n) is 1.71. The number of hydrogen-bond donors (Lipinski definition) is 0. The third-order valence-electron chi connectivity index (χ3n) is 2.55. The van der Waals surface area contributed by atoms with Crippen LogP contribution in [0, 0.1) is 5.82 Å². The zero-order valence-corrected chi connectivity index (χ0v) is 11.0. The average Bonchev–Trinajstić information content (AvgIpc) is 2.32.